The molecule has 0 aliphatic heterocycles. The highest BCUT2D eigenvalue weighted by Gasteiger charge is 2.54. The number of aromatic nitrogens is 2. The summed E-state index contributed by atoms with van der Waals surface area (Å²) in [6.07, 6.45) is -0.755. The summed E-state index contributed by atoms with van der Waals surface area (Å²) in [7, 11) is 0. The lowest BCUT2D eigenvalue weighted by Crippen LogP contribution is -2.16. The van der Waals surface area contributed by atoms with E-state index in [1.807, 2.05) is 22.7 Å². The third-order valence-corrected chi connectivity index (χ3v) is 4.46. The molecule has 2 atom stereocenters. The van der Waals surface area contributed by atoms with Crippen LogP contribution in [-0.2, 0) is 0 Å². The van der Waals surface area contributed by atoms with Crippen LogP contribution in [0.15, 0.2) is 48.8 Å². The third-order valence-electron chi connectivity index (χ3n) is 4.46. The van der Waals surface area contributed by atoms with E-state index in [1.54, 1.807) is 25.3 Å². The van der Waals surface area contributed by atoms with E-state index in [0.717, 1.165) is 16.6 Å². The number of ether oxygens (including phenoxy) is 1. The molecule has 1 saturated carbocycles. The first kappa shape index (κ1) is 15.9. The Balaban J connectivity index is 1.66. The minimum atomic E-state index is -4.71. The Morgan fingerprint density at radius 1 is 1.12 bits per heavy atom. The maximum atomic E-state index is 14.0. The number of rotatable bonds is 3. The zero-order chi connectivity index (χ0) is 17.8. The number of nitrogens with zero attached hydrogens (tertiary/aromatic N) is 2. The van der Waals surface area contributed by atoms with E-state index in [4.69, 9.17) is 0 Å². The number of pyridine rings is 1. The fourth-order valence-corrected chi connectivity index (χ4v) is 2.99. The average molecular weight is 350 g/mol. The fourth-order valence-electron chi connectivity index (χ4n) is 2.99. The number of halogens is 4. The summed E-state index contributed by atoms with van der Waals surface area (Å²) in [5, 5.41) is 0. The number of imidazole rings is 1. The van der Waals surface area contributed by atoms with Gasteiger partial charge in [-0.3, -0.25) is 0 Å². The summed E-state index contributed by atoms with van der Waals surface area (Å²) in [5.74, 6) is 0.165. The molecule has 1 aromatic carbocycles. The molecule has 0 bridgehead atoms. The van der Waals surface area contributed by atoms with Gasteiger partial charge in [0.1, 0.15) is 17.2 Å². The largest absolute Gasteiger partial charge is 0.573 e. The molecule has 1 fully saturated rings. The van der Waals surface area contributed by atoms with Crippen LogP contribution < -0.4 is 4.74 Å². The summed E-state index contributed by atoms with van der Waals surface area (Å²) in [5.41, 5.74) is 1.15. The number of hydrogen-bond donors (Lipinski definition) is 0. The maximum absolute atomic E-state index is 14.0. The molecular formula is C18H14F4N2O. The normalized spacial score (nSPS) is 23.0. The average Bonchev–Trinajstić information content (AvgIpc) is 2.98. The van der Waals surface area contributed by atoms with E-state index < -0.39 is 12.0 Å². The Morgan fingerprint density at radius 2 is 1.76 bits per heavy atom. The smallest absolute Gasteiger partial charge is 0.406 e. The number of fused-ring (bicyclic) bond motifs is 1. The zero-order valence-corrected chi connectivity index (χ0v) is 13.2. The van der Waals surface area contributed by atoms with Gasteiger partial charge in [0.2, 0.25) is 0 Å². The summed E-state index contributed by atoms with van der Waals surface area (Å²) >= 11 is 0. The minimum Gasteiger partial charge on any atom is -0.406 e. The lowest BCUT2D eigenvalue weighted by molar-refractivity contribution is -0.274. The molecule has 2 heterocycles. The fraction of sp³-hybridized carbons (Fsp3) is 0.278. The van der Waals surface area contributed by atoms with Gasteiger partial charge in [0.15, 0.2) is 0 Å². The van der Waals surface area contributed by atoms with E-state index >= 15 is 0 Å². The van der Waals surface area contributed by atoms with Crippen LogP contribution in [0.25, 0.3) is 16.6 Å². The van der Waals surface area contributed by atoms with Crippen molar-refractivity contribution in [3.05, 3.63) is 54.6 Å². The molecule has 130 valence electrons. The van der Waals surface area contributed by atoms with E-state index in [-0.39, 0.29) is 11.7 Å². The quantitative estimate of drug-likeness (QED) is 0.613. The summed E-state index contributed by atoms with van der Waals surface area (Å²) in [6, 6.07) is 9.33. The van der Waals surface area contributed by atoms with Crippen LogP contribution in [0.1, 0.15) is 25.1 Å². The number of alkyl halides is 4. The van der Waals surface area contributed by atoms with Crippen molar-refractivity contribution in [2.24, 2.45) is 0 Å². The van der Waals surface area contributed by atoms with Gasteiger partial charge in [-0.25, -0.2) is 9.37 Å². The molecule has 1 aliphatic rings. The van der Waals surface area contributed by atoms with Gasteiger partial charge in [0, 0.05) is 6.20 Å². The van der Waals surface area contributed by atoms with E-state index in [1.165, 1.54) is 12.1 Å². The van der Waals surface area contributed by atoms with Gasteiger partial charge in [0.25, 0.3) is 0 Å². The van der Waals surface area contributed by atoms with Gasteiger partial charge in [-0.2, -0.15) is 0 Å². The summed E-state index contributed by atoms with van der Waals surface area (Å²) < 4.78 is 56.4. The predicted molar refractivity (Wildman–Crippen MR) is 84.2 cm³/mol. The van der Waals surface area contributed by atoms with Crippen LogP contribution in [0.4, 0.5) is 17.6 Å². The molecule has 0 radical (unpaired) electrons. The molecule has 25 heavy (non-hydrogen) atoms. The van der Waals surface area contributed by atoms with Gasteiger partial charge in [-0.15, -0.1) is 13.2 Å². The molecular weight excluding hydrogens is 336 g/mol. The van der Waals surface area contributed by atoms with E-state index in [2.05, 4.69) is 9.72 Å². The summed E-state index contributed by atoms with van der Waals surface area (Å²) in [4.78, 5) is 4.32. The van der Waals surface area contributed by atoms with Crippen molar-refractivity contribution in [2.45, 2.75) is 31.3 Å². The molecule has 1 aliphatic carbocycles. The molecule has 3 aromatic rings. The van der Waals surface area contributed by atoms with Crippen molar-refractivity contribution in [1.82, 2.24) is 9.38 Å². The maximum Gasteiger partial charge on any atom is 0.573 e. The van der Waals surface area contributed by atoms with Crippen LogP contribution in [-0.4, -0.2) is 21.4 Å². The predicted octanol–water partition coefficient (Wildman–Crippen LogP) is 5.12. The van der Waals surface area contributed by atoms with Crippen molar-refractivity contribution in [1.29, 1.82) is 0 Å². The monoisotopic (exact) mass is 350 g/mol. The first-order chi connectivity index (χ1) is 11.7. The van der Waals surface area contributed by atoms with Crippen molar-refractivity contribution in [3.63, 3.8) is 0 Å². The highest BCUT2D eigenvalue weighted by molar-refractivity contribution is 5.66. The van der Waals surface area contributed by atoms with E-state index in [9.17, 15) is 17.6 Å². The first-order valence-electron chi connectivity index (χ1n) is 7.75. The Hall–Kier alpha value is -2.57. The lowest BCUT2D eigenvalue weighted by Gasteiger charge is -2.10. The van der Waals surface area contributed by atoms with E-state index in [0.29, 0.717) is 12.2 Å². The molecule has 3 nitrogen and oxygen atoms in total. The molecule has 2 unspecified atom stereocenters. The Bertz CT molecular complexity index is 928. The Morgan fingerprint density at radius 3 is 2.36 bits per heavy atom. The zero-order valence-electron chi connectivity index (χ0n) is 13.2. The van der Waals surface area contributed by atoms with Gasteiger partial charge in [-0.05, 0) is 42.7 Å². The van der Waals surface area contributed by atoms with Crippen LogP contribution >= 0.6 is 0 Å². The topological polar surface area (TPSA) is 26.5 Å². The van der Waals surface area contributed by atoms with Crippen LogP contribution in [0, 0.1) is 0 Å². The second kappa shape index (κ2) is 5.21. The molecule has 0 N–H and O–H groups in total. The van der Waals surface area contributed by atoms with Crippen molar-refractivity contribution in [2.75, 3.05) is 0 Å². The number of benzene rings is 1. The molecule has 2 aromatic heterocycles. The Labute approximate surface area is 140 Å². The molecule has 0 spiro atoms. The van der Waals surface area contributed by atoms with Gasteiger partial charge in [0.05, 0.1) is 17.6 Å². The van der Waals surface area contributed by atoms with Crippen LogP contribution in [0.3, 0.4) is 0 Å². The van der Waals surface area contributed by atoms with Crippen molar-refractivity contribution < 1.29 is 22.3 Å². The second-order valence-electron chi connectivity index (χ2n) is 6.44. The SMILES string of the molecule is CC1(F)CC1c1ncc2ccc(-c3ccc(OC(F)(F)F)cc3)cn12. The number of hydrogen-bond acceptors (Lipinski definition) is 2. The second-order valence-corrected chi connectivity index (χ2v) is 6.44. The first-order valence-corrected chi connectivity index (χ1v) is 7.75. The van der Waals surface area contributed by atoms with Gasteiger partial charge in [-0.1, -0.05) is 18.2 Å². The molecule has 7 heteroatoms. The highest BCUT2D eigenvalue weighted by atomic mass is 19.4. The van der Waals surface area contributed by atoms with Gasteiger partial charge < -0.3 is 9.14 Å². The van der Waals surface area contributed by atoms with Crippen molar-refractivity contribution >= 4 is 5.52 Å². The summed E-state index contributed by atoms with van der Waals surface area (Å²) in [6.45, 7) is 1.56. The van der Waals surface area contributed by atoms with Gasteiger partial charge >= 0.3 is 6.36 Å². The van der Waals surface area contributed by atoms with Crippen LogP contribution in [0.5, 0.6) is 5.75 Å². The highest BCUT2D eigenvalue weighted by Crippen LogP contribution is 2.53. The lowest BCUT2D eigenvalue weighted by atomic mass is 10.1. The molecule has 4 rings (SSSR count). The standard InChI is InChI=1S/C18H14F4N2O/c1-17(19)8-15(17)16-23-9-13-5-2-12(10-24(13)16)11-3-6-14(7-4-11)25-18(20,21)22/h2-7,9-10,15H,8H2,1H3. The Kier molecular flexibility index (Phi) is 3.32. The third kappa shape index (κ3) is 3.06. The minimum absolute atomic E-state index is 0.229. The molecule has 0 saturated heterocycles. The molecule has 0 amide bonds. The van der Waals surface area contributed by atoms with Crippen molar-refractivity contribution in [3.8, 4) is 16.9 Å². The van der Waals surface area contributed by atoms with Crippen LogP contribution in [0.2, 0.25) is 0 Å².